The molecule has 18 heavy (non-hydrogen) atoms. The molecule has 0 spiro atoms. The minimum atomic E-state index is -0.694. The zero-order valence-corrected chi connectivity index (χ0v) is 10.5. The van der Waals surface area contributed by atoms with Crippen LogP contribution in [0.3, 0.4) is 0 Å². The van der Waals surface area contributed by atoms with E-state index in [1.54, 1.807) is 0 Å². The van der Waals surface area contributed by atoms with E-state index in [1.165, 1.54) is 0 Å². The second-order valence-electron chi connectivity index (χ2n) is 4.83. The summed E-state index contributed by atoms with van der Waals surface area (Å²) >= 11 is 0. The quantitative estimate of drug-likeness (QED) is 0.752. The fraction of sp³-hybridized carbons (Fsp3) is 0.500. The van der Waals surface area contributed by atoms with Gasteiger partial charge in [0.15, 0.2) is 5.78 Å². The highest BCUT2D eigenvalue weighted by atomic mass is 19.1. The number of carbonyl (C=O) groups is 1. The van der Waals surface area contributed by atoms with Gasteiger partial charge in [-0.25, -0.2) is 8.78 Å². The monoisotopic (exact) mass is 253 g/mol. The Labute approximate surface area is 106 Å². The van der Waals surface area contributed by atoms with E-state index in [2.05, 4.69) is 11.8 Å². The Morgan fingerprint density at radius 1 is 1.28 bits per heavy atom. The molecule has 1 aliphatic rings. The van der Waals surface area contributed by atoms with Crippen LogP contribution in [0.25, 0.3) is 0 Å². The predicted molar refractivity (Wildman–Crippen MR) is 65.5 cm³/mol. The summed E-state index contributed by atoms with van der Waals surface area (Å²) in [5.74, 6) is -1.65. The standard InChI is InChI=1S/C14H17F2NO/c1-2-3-4-17-8-11(9-17)14(18)10-5-12(15)7-13(16)6-10/h5-7,11H,2-4,8-9H2,1H3. The van der Waals surface area contributed by atoms with Crippen LogP contribution in [0, 0.1) is 17.6 Å². The SMILES string of the molecule is CCCCN1CC(C(=O)c2cc(F)cc(F)c2)C1. The number of unbranched alkanes of at least 4 members (excludes halogenated alkanes) is 1. The van der Waals surface area contributed by atoms with Gasteiger partial charge in [0.25, 0.3) is 0 Å². The summed E-state index contributed by atoms with van der Waals surface area (Å²) in [6.07, 6.45) is 2.25. The Bertz CT molecular complexity index is 421. The Morgan fingerprint density at radius 2 is 1.89 bits per heavy atom. The normalized spacial score (nSPS) is 16.6. The van der Waals surface area contributed by atoms with Crippen LogP contribution in [0.2, 0.25) is 0 Å². The van der Waals surface area contributed by atoms with Gasteiger partial charge in [0.1, 0.15) is 11.6 Å². The molecule has 0 aromatic heterocycles. The lowest BCUT2D eigenvalue weighted by Gasteiger charge is -2.38. The number of rotatable bonds is 5. The number of carbonyl (C=O) groups excluding carboxylic acids is 1. The first-order valence-electron chi connectivity index (χ1n) is 6.33. The molecule has 0 atom stereocenters. The third kappa shape index (κ3) is 2.93. The predicted octanol–water partition coefficient (Wildman–Crippen LogP) is 2.88. The van der Waals surface area contributed by atoms with Crippen molar-refractivity contribution in [2.45, 2.75) is 19.8 Å². The number of hydrogen-bond acceptors (Lipinski definition) is 2. The number of Topliss-reactive ketones (excluding diaryl/α,β-unsaturated/α-hetero) is 1. The van der Waals surface area contributed by atoms with Gasteiger partial charge in [-0.05, 0) is 25.1 Å². The molecule has 0 radical (unpaired) electrons. The number of nitrogens with zero attached hydrogens (tertiary/aromatic N) is 1. The van der Waals surface area contributed by atoms with Crippen LogP contribution in [0.4, 0.5) is 8.78 Å². The third-order valence-corrected chi connectivity index (χ3v) is 3.30. The lowest BCUT2D eigenvalue weighted by Crippen LogP contribution is -2.50. The van der Waals surface area contributed by atoms with Gasteiger partial charge in [0.2, 0.25) is 0 Å². The van der Waals surface area contributed by atoms with Crippen LogP contribution in [0.1, 0.15) is 30.1 Å². The minimum Gasteiger partial charge on any atom is -0.302 e. The second kappa shape index (κ2) is 5.57. The lowest BCUT2D eigenvalue weighted by molar-refractivity contribution is 0.0618. The maximum atomic E-state index is 13.0. The van der Waals surface area contributed by atoms with E-state index < -0.39 is 11.6 Å². The van der Waals surface area contributed by atoms with Crippen LogP contribution in [-0.4, -0.2) is 30.3 Å². The summed E-state index contributed by atoms with van der Waals surface area (Å²) in [5.41, 5.74) is 0.146. The minimum absolute atomic E-state index is 0.108. The summed E-state index contributed by atoms with van der Waals surface area (Å²) in [5, 5.41) is 0. The van der Waals surface area contributed by atoms with Gasteiger partial charge in [-0.1, -0.05) is 13.3 Å². The van der Waals surface area contributed by atoms with E-state index in [-0.39, 0.29) is 17.3 Å². The van der Waals surface area contributed by atoms with Gasteiger partial charge in [-0.2, -0.15) is 0 Å². The molecule has 0 N–H and O–H groups in total. The van der Waals surface area contributed by atoms with E-state index in [4.69, 9.17) is 0 Å². The van der Waals surface area contributed by atoms with E-state index >= 15 is 0 Å². The molecule has 1 fully saturated rings. The van der Waals surface area contributed by atoms with Gasteiger partial charge >= 0.3 is 0 Å². The molecule has 0 unspecified atom stereocenters. The van der Waals surface area contributed by atoms with Crippen molar-refractivity contribution in [2.75, 3.05) is 19.6 Å². The molecule has 0 aliphatic carbocycles. The lowest BCUT2D eigenvalue weighted by atomic mass is 9.90. The van der Waals surface area contributed by atoms with Crippen molar-refractivity contribution in [3.8, 4) is 0 Å². The van der Waals surface area contributed by atoms with Gasteiger partial charge in [0.05, 0.1) is 0 Å². The Balaban J connectivity index is 1.93. The van der Waals surface area contributed by atoms with E-state index in [9.17, 15) is 13.6 Å². The van der Waals surface area contributed by atoms with E-state index in [0.29, 0.717) is 13.1 Å². The molecule has 2 nitrogen and oxygen atoms in total. The van der Waals surface area contributed by atoms with Crippen LogP contribution in [0.15, 0.2) is 18.2 Å². The van der Waals surface area contributed by atoms with Gasteiger partial charge < -0.3 is 4.90 Å². The molecule has 98 valence electrons. The number of likely N-dealkylation sites (tertiary alicyclic amines) is 1. The van der Waals surface area contributed by atoms with Crippen LogP contribution < -0.4 is 0 Å². The molecule has 0 amide bonds. The first-order chi connectivity index (χ1) is 8.60. The van der Waals surface area contributed by atoms with Crippen LogP contribution in [-0.2, 0) is 0 Å². The largest absolute Gasteiger partial charge is 0.302 e. The average molecular weight is 253 g/mol. The Morgan fingerprint density at radius 3 is 2.44 bits per heavy atom. The van der Waals surface area contributed by atoms with Crippen molar-refractivity contribution in [3.05, 3.63) is 35.4 Å². The Kier molecular flexibility index (Phi) is 4.07. The highest BCUT2D eigenvalue weighted by molar-refractivity contribution is 5.98. The van der Waals surface area contributed by atoms with Crippen molar-refractivity contribution in [1.82, 2.24) is 4.90 Å². The molecule has 1 aliphatic heterocycles. The fourth-order valence-electron chi connectivity index (χ4n) is 2.23. The number of halogens is 2. The summed E-state index contributed by atoms with van der Waals surface area (Å²) in [4.78, 5) is 14.2. The zero-order chi connectivity index (χ0) is 13.1. The van der Waals surface area contributed by atoms with Gasteiger partial charge in [-0.3, -0.25) is 4.79 Å². The zero-order valence-electron chi connectivity index (χ0n) is 10.5. The fourth-order valence-corrected chi connectivity index (χ4v) is 2.23. The summed E-state index contributed by atoms with van der Waals surface area (Å²) in [6.45, 7) is 4.53. The topological polar surface area (TPSA) is 20.3 Å². The highest BCUT2D eigenvalue weighted by Gasteiger charge is 2.32. The molecule has 1 heterocycles. The average Bonchev–Trinajstić information content (AvgIpc) is 2.25. The first kappa shape index (κ1) is 13.1. The van der Waals surface area contributed by atoms with Crippen molar-refractivity contribution in [1.29, 1.82) is 0 Å². The molecule has 1 aromatic carbocycles. The number of benzene rings is 1. The molecule has 0 bridgehead atoms. The maximum absolute atomic E-state index is 13.0. The Hall–Kier alpha value is -1.29. The second-order valence-corrected chi connectivity index (χ2v) is 4.83. The smallest absolute Gasteiger partial charge is 0.168 e. The number of ketones is 1. The molecule has 0 saturated carbocycles. The molecule has 2 rings (SSSR count). The molecular formula is C14H17F2NO. The summed E-state index contributed by atoms with van der Waals surface area (Å²) in [7, 11) is 0. The van der Waals surface area contributed by atoms with Crippen LogP contribution in [0.5, 0.6) is 0 Å². The molecular weight excluding hydrogens is 236 g/mol. The third-order valence-electron chi connectivity index (χ3n) is 3.30. The maximum Gasteiger partial charge on any atom is 0.168 e. The van der Waals surface area contributed by atoms with Crippen LogP contribution >= 0.6 is 0 Å². The van der Waals surface area contributed by atoms with Crippen molar-refractivity contribution < 1.29 is 13.6 Å². The van der Waals surface area contributed by atoms with Crippen molar-refractivity contribution in [3.63, 3.8) is 0 Å². The van der Waals surface area contributed by atoms with Crippen molar-refractivity contribution >= 4 is 5.78 Å². The first-order valence-corrected chi connectivity index (χ1v) is 6.33. The summed E-state index contributed by atoms with van der Waals surface area (Å²) in [6, 6.07) is 3.01. The molecule has 1 aromatic rings. The van der Waals surface area contributed by atoms with Gasteiger partial charge in [-0.15, -0.1) is 0 Å². The van der Waals surface area contributed by atoms with E-state index in [0.717, 1.165) is 37.6 Å². The number of hydrogen-bond donors (Lipinski definition) is 0. The van der Waals surface area contributed by atoms with E-state index in [1.807, 2.05) is 0 Å². The molecule has 1 saturated heterocycles. The molecule has 4 heteroatoms. The van der Waals surface area contributed by atoms with Gasteiger partial charge in [0, 0.05) is 30.6 Å². The van der Waals surface area contributed by atoms with Crippen molar-refractivity contribution in [2.24, 2.45) is 5.92 Å². The highest BCUT2D eigenvalue weighted by Crippen LogP contribution is 2.21. The summed E-state index contributed by atoms with van der Waals surface area (Å²) < 4.78 is 26.0.